The summed E-state index contributed by atoms with van der Waals surface area (Å²) in [5.41, 5.74) is 0.951. The van der Waals surface area contributed by atoms with Gasteiger partial charge in [-0.2, -0.15) is 0 Å². The summed E-state index contributed by atoms with van der Waals surface area (Å²) in [5, 5.41) is -0.956. The van der Waals surface area contributed by atoms with Gasteiger partial charge >= 0.3 is 208 Å². The number of rotatable bonds is 8. The first-order valence-corrected chi connectivity index (χ1v) is 14.5. The molecule has 7 nitrogen and oxygen atoms in total. The Morgan fingerprint density at radius 3 is 2.26 bits per heavy atom. The van der Waals surface area contributed by atoms with Crippen LogP contribution in [0.25, 0.3) is 0 Å². The molecule has 2 unspecified atom stereocenters. The average Bonchev–Trinajstić information content (AvgIpc) is 2.83. The maximum absolute atomic E-state index is 13.3. The molecule has 0 spiro atoms. The van der Waals surface area contributed by atoms with E-state index in [2.05, 4.69) is 0 Å². The van der Waals surface area contributed by atoms with Crippen molar-refractivity contribution in [1.29, 1.82) is 0 Å². The molecule has 0 fully saturated rings. The van der Waals surface area contributed by atoms with E-state index in [0.717, 1.165) is 10.0 Å². The van der Waals surface area contributed by atoms with Crippen molar-refractivity contribution in [3.05, 3.63) is 72.3 Å². The molecule has 1 heterocycles. The zero-order valence-corrected chi connectivity index (χ0v) is 21.9. The van der Waals surface area contributed by atoms with Crippen molar-refractivity contribution < 1.29 is 27.5 Å². The van der Waals surface area contributed by atoms with E-state index in [1.54, 1.807) is 50.3 Å². The van der Waals surface area contributed by atoms with Crippen molar-refractivity contribution in [1.82, 2.24) is 4.90 Å². The van der Waals surface area contributed by atoms with Gasteiger partial charge in [-0.05, 0) is 0 Å². The van der Waals surface area contributed by atoms with E-state index < -0.39 is 38.0 Å². The molecule has 0 saturated carbocycles. The normalized spacial score (nSPS) is 18.9. The number of carbonyl (C=O) groups is 2. The molecule has 0 saturated heterocycles. The van der Waals surface area contributed by atoms with Gasteiger partial charge in [0.15, 0.2) is 0 Å². The summed E-state index contributed by atoms with van der Waals surface area (Å²) in [6, 6.07) is 15.5. The summed E-state index contributed by atoms with van der Waals surface area (Å²) < 4.78 is 38.2. The number of carbonyl (C=O) groups excluding carboxylic acids is 2. The minimum absolute atomic E-state index is 0.114. The van der Waals surface area contributed by atoms with Crippen LogP contribution in [0, 0.1) is 6.92 Å². The van der Waals surface area contributed by atoms with Gasteiger partial charge in [0.05, 0.1) is 0 Å². The quantitative estimate of drug-likeness (QED) is 0.285. The Balaban J connectivity index is 1.98. The van der Waals surface area contributed by atoms with E-state index in [9.17, 15) is 18.0 Å². The van der Waals surface area contributed by atoms with Gasteiger partial charge in [0.2, 0.25) is 0 Å². The summed E-state index contributed by atoms with van der Waals surface area (Å²) in [5.74, 6) is -0.421. The molecule has 1 aliphatic heterocycles. The van der Waals surface area contributed by atoms with Gasteiger partial charge in [0, 0.05) is 0 Å². The van der Waals surface area contributed by atoms with Crippen molar-refractivity contribution in [3.8, 4) is 0 Å². The van der Waals surface area contributed by atoms with Crippen molar-refractivity contribution in [3.63, 3.8) is 0 Å². The van der Waals surface area contributed by atoms with Crippen molar-refractivity contribution >= 4 is 41.3 Å². The molecular weight excluding hydrogens is 521 g/mol. The molecule has 2 aromatic rings. The molecule has 0 bridgehead atoms. The Bertz CT molecular complexity index is 1120. The molecule has 2 aromatic carbocycles. The molecule has 3 rings (SSSR count). The van der Waals surface area contributed by atoms with Crippen LogP contribution in [0.2, 0.25) is 4.82 Å². The summed E-state index contributed by atoms with van der Waals surface area (Å²) in [4.78, 5) is 26.8. The Morgan fingerprint density at radius 2 is 1.65 bits per heavy atom. The summed E-state index contributed by atoms with van der Waals surface area (Å²) in [6.45, 7) is 5.53. The number of ether oxygens (including phenoxy) is 2. The summed E-state index contributed by atoms with van der Waals surface area (Å²) >= 11 is -0.365. The van der Waals surface area contributed by atoms with Gasteiger partial charge in [-0.1, -0.05) is 0 Å². The van der Waals surface area contributed by atoms with Crippen LogP contribution in [-0.4, -0.2) is 71.4 Å². The van der Waals surface area contributed by atoms with E-state index in [0.29, 0.717) is 0 Å². The third-order valence-electron chi connectivity index (χ3n) is 5.35. The SMILES string of the molecule is CCOC(=O)C([Se]c1ccccc1)[C@H]1C=CC(S(=O)(=O)c2ccc(C)cc2)CN1C(=O)OCC. The molecule has 0 radical (unpaired) electrons. The van der Waals surface area contributed by atoms with Crippen LogP contribution in [0.4, 0.5) is 4.79 Å². The van der Waals surface area contributed by atoms with Crippen LogP contribution in [0.5, 0.6) is 0 Å². The Labute approximate surface area is 207 Å². The fraction of sp³-hybridized carbons (Fsp3) is 0.360. The zero-order chi connectivity index (χ0) is 24.7. The van der Waals surface area contributed by atoms with E-state index in [-0.39, 0.29) is 39.6 Å². The number of hydrogen-bond acceptors (Lipinski definition) is 6. The van der Waals surface area contributed by atoms with Crippen molar-refractivity contribution in [2.24, 2.45) is 0 Å². The van der Waals surface area contributed by atoms with Crippen LogP contribution < -0.4 is 4.46 Å². The predicted molar refractivity (Wildman–Crippen MR) is 131 cm³/mol. The third kappa shape index (κ3) is 6.09. The minimum atomic E-state index is -3.75. The van der Waals surface area contributed by atoms with Crippen LogP contribution in [0.15, 0.2) is 71.6 Å². The molecule has 0 aliphatic carbocycles. The van der Waals surface area contributed by atoms with Gasteiger partial charge < -0.3 is 0 Å². The third-order valence-corrected chi connectivity index (χ3v) is 10.0. The second kappa shape index (κ2) is 11.7. The molecule has 0 N–H and O–H groups in total. The molecule has 34 heavy (non-hydrogen) atoms. The Kier molecular flexibility index (Phi) is 8.94. The van der Waals surface area contributed by atoms with Crippen LogP contribution in [-0.2, 0) is 24.1 Å². The number of aryl methyl sites for hydroxylation is 1. The van der Waals surface area contributed by atoms with E-state index in [4.69, 9.17) is 9.47 Å². The van der Waals surface area contributed by atoms with Crippen molar-refractivity contribution in [2.45, 2.75) is 41.8 Å². The summed E-state index contributed by atoms with van der Waals surface area (Å²) in [6.07, 6.45) is 2.57. The molecule has 1 aliphatic rings. The molecule has 1 amide bonds. The molecule has 9 heteroatoms. The maximum atomic E-state index is 13.3. The molecule has 0 aromatic heterocycles. The second-order valence-electron chi connectivity index (χ2n) is 7.73. The van der Waals surface area contributed by atoms with Crippen LogP contribution >= 0.6 is 0 Å². The number of benzene rings is 2. The number of amides is 1. The summed E-state index contributed by atoms with van der Waals surface area (Å²) in [7, 11) is -3.75. The Hall–Kier alpha value is -2.61. The van der Waals surface area contributed by atoms with Crippen molar-refractivity contribution in [2.75, 3.05) is 19.8 Å². The molecule has 182 valence electrons. The van der Waals surface area contributed by atoms with Gasteiger partial charge in [0.25, 0.3) is 0 Å². The Morgan fingerprint density at radius 1 is 1.00 bits per heavy atom. The first-order valence-electron chi connectivity index (χ1n) is 11.1. The molecule has 3 atom stereocenters. The second-order valence-corrected chi connectivity index (χ2v) is 12.4. The monoisotopic (exact) mass is 551 g/mol. The topological polar surface area (TPSA) is 90.0 Å². The standard InChI is InChI=1S/C25H29NO6SSe/c1-4-31-24(27)23(34-21-9-7-6-8-10-21)22-16-15-20(17-26(22)25(28)32-5-2)33(29,30)19-13-11-18(3)12-14-19/h6-16,20,22-23H,4-5,17H2,1-3H3/t20?,22-,23?/m1/s1. The predicted octanol–water partition coefficient (Wildman–Crippen LogP) is 2.92. The zero-order valence-electron chi connectivity index (χ0n) is 19.4. The van der Waals surface area contributed by atoms with E-state index >= 15 is 0 Å². The van der Waals surface area contributed by atoms with Crippen LogP contribution in [0.1, 0.15) is 19.4 Å². The van der Waals surface area contributed by atoms with Gasteiger partial charge in [-0.25, -0.2) is 0 Å². The van der Waals surface area contributed by atoms with Crippen LogP contribution in [0.3, 0.4) is 0 Å². The van der Waals surface area contributed by atoms with Gasteiger partial charge in [-0.15, -0.1) is 0 Å². The fourth-order valence-electron chi connectivity index (χ4n) is 3.62. The van der Waals surface area contributed by atoms with Gasteiger partial charge in [-0.3, -0.25) is 0 Å². The molecular formula is C25H29NO6SSe. The number of nitrogens with zero attached hydrogens (tertiary/aromatic N) is 1. The average molecular weight is 551 g/mol. The number of sulfone groups is 1. The van der Waals surface area contributed by atoms with E-state index in [1.807, 2.05) is 37.3 Å². The first-order chi connectivity index (χ1) is 16.3. The van der Waals surface area contributed by atoms with E-state index in [1.165, 1.54) is 4.90 Å². The number of esters is 1. The fourth-order valence-corrected chi connectivity index (χ4v) is 7.55. The number of hydrogen-bond donors (Lipinski definition) is 0. The van der Waals surface area contributed by atoms with Gasteiger partial charge in [0.1, 0.15) is 0 Å². The first kappa shape index (κ1) is 26.0.